The van der Waals surface area contributed by atoms with Crippen molar-refractivity contribution in [3.8, 4) is 0 Å². The van der Waals surface area contributed by atoms with E-state index in [9.17, 15) is 4.79 Å². The van der Waals surface area contributed by atoms with Crippen LogP contribution >= 0.6 is 23.4 Å². The fraction of sp³-hybridized carbons (Fsp3) is 0.455. The predicted molar refractivity (Wildman–Crippen MR) is 71.4 cm³/mol. The summed E-state index contributed by atoms with van der Waals surface area (Å²) in [7, 11) is 0. The highest BCUT2D eigenvalue weighted by atomic mass is 35.5. The number of hydrogen-bond donors (Lipinski definition) is 2. The third kappa shape index (κ3) is 3.26. The highest BCUT2D eigenvalue weighted by molar-refractivity contribution is 7.99. The van der Waals surface area contributed by atoms with Crippen molar-refractivity contribution in [2.24, 2.45) is 5.92 Å². The molecule has 3 N–H and O–H groups in total. The van der Waals surface area contributed by atoms with E-state index in [0.29, 0.717) is 23.3 Å². The maximum Gasteiger partial charge on any atom is 0.271 e. The van der Waals surface area contributed by atoms with Gasteiger partial charge in [0.1, 0.15) is 11.5 Å². The standard InChI is InChI=1S/C11H14ClN3OS/c12-8-1-2-9(13)15-10(8)11(16)14-5-7-3-4-17-6-7/h1-2,7H,3-6H2,(H2,13,15)(H,14,16). The molecule has 1 amide bonds. The van der Waals surface area contributed by atoms with Gasteiger partial charge in [0.2, 0.25) is 0 Å². The van der Waals surface area contributed by atoms with Gasteiger partial charge in [-0.1, -0.05) is 11.6 Å². The maximum absolute atomic E-state index is 11.9. The maximum atomic E-state index is 11.9. The molecular weight excluding hydrogens is 258 g/mol. The lowest BCUT2D eigenvalue weighted by molar-refractivity contribution is 0.0944. The first-order valence-corrected chi connectivity index (χ1v) is 6.98. The monoisotopic (exact) mass is 271 g/mol. The smallest absolute Gasteiger partial charge is 0.271 e. The number of aromatic nitrogens is 1. The number of anilines is 1. The third-order valence-corrected chi connectivity index (χ3v) is 4.19. The van der Waals surface area contributed by atoms with E-state index in [-0.39, 0.29) is 11.6 Å². The van der Waals surface area contributed by atoms with Crippen molar-refractivity contribution in [1.82, 2.24) is 10.3 Å². The van der Waals surface area contributed by atoms with Gasteiger partial charge >= 0.3 is 0 Å². The molecule has 1 unspecified atom stereocenters. The van der Waals surface area contributed by atoms with Gasteiger partial charge in [-0.2, -0.15) is 11.8 Å². The molecule has 0 saturated carbocycles. The van der Waals surface area contributed by atoms with Crippen LogP contribution in [0.2, 0.25) is 5.02 Å². The minimum absolute atomic E-state index is 0.206. The largest absolute Gasteiger partial charge is 0.384 e. The molecule has 92 valence electrons. The van der Waals surface area contributed by atoms with Crippen LogP contribution in [0, 0.1) is 5.92 Å². The molecule has 1 atom stereocenters. The van der Waals surface area contributed by atoms with Gasteiger partial charge in [0.05, 0.1) is 5.02 Å². The fourth-order valence-corrected chi connectivity index (χ4v) is 3.16. The van der Waals surface area contributed by atoms with Crippen molar-refractivity contribution in [2.75, 3.05) is 23.8 Å². The topological polar surface area (TPSA) is 68.0 Å². The zero-order chi connectivity index (χ0) is 12.3. The van der Waals surface area contributed by atoms with E-state index >= 15 is 0 Å². The van der Waals surface area contributed by atoms with Gasteiger partial charge in [-0.05, 0) is 36.0 Å². The third-order valence-electron chi connectivity index (χ3n) is 2.66. The van der Waals surface area contributed by atoms with Crippen molar-refractivity contribution < 1.29 is 4.79 Å². The van der Waals surface area contributed by atoms with Crippen LogP contribution in [-0.4, -0.2) is 28.9 Å². The van der Waals surface area contributed by atoms with Gasteiger partial charge in [-0.15, -0.1) is 0 Å². The Kier molecular flexibility index (Phi) is 4.12. The Morgan fingerprint density at radius 2 is 2.47 bits per heavy atom. The number of pyridine rings is 1. The van der Waals surface area contributed by atoms with Gasteiger partial charge in [0, 0.05) is 6.54 Å². The number of amides is 1. The first-order valence-electron chi connectivity index (χ1n) is 5.45. The molecule has 17 heavy (non-hydrogen) atoms. The van der Waals surface area contributed by atoms with Crippen molar-refractivity contribution in [3.05, 3.63) is 22.8 Å². The average molecular weight is 272 g/mol. The molecule has 1 aromatic heterocycles. The summed E-state index contributed by atoms with van der Waals surface area (Å²) >= 11 is 7.83. The van der Waals surface area contributed by atoms with Gasteiger partial charge in [0.15, 0.2) is 0 Å². The lowest BCUT2D eigenvalue weighted by atomic mass is 10.1. The van der Waals surface area contributed by atoms with E-state index in [2.05, 4.69) is 10.3 Å². The van der Waals surface area contributed by atoms with Crippen molar-refractivity contribution in [2.45, 2.75) is 6.42 Å². The summed E-state index contributed by atoms with van der Waals surface area (Å²) in [6.45, 7) is 0.679. The molecule has 0 aliphatic carbocycles. The first-order chi connectivity index (χ1) is 8.16. The number of nitrogens with zero attached hydrogens (tertiary/aromatic N) is 1. The molecule has 0 spiro atoms. The van der Waals surface area contributed by atoms with Crippen molar-refractivity contribution in [3.63, 3.8) is 0 Å². The first kappa shape index (κ1) is 12.5. The Bertz CT molecular complexity index is 421. The lowest BCUT2D eigenvalue weighted by Gasteiger charge is -2.10. The van der Waals surface area contributed by atoms with Crippen LogP contribution in [0.5, 0.6) is 0 Å². The number of rotatable bonds is 3. The normalized spacial score (nSPS) is 19.2. The molecular formula is C11H14ClN3OS. The SMILES string of the molecule is Nc1ccc(Cl)c(C(=O)NCC2CCSC2)n1. The minimum atomic E-state index is -0.251. The van der Waals surface area contributed by atoms with Crippen LogP contribution in [0.1, 0.15) is 16.9 Å². The minimum Gasteiger partial charge on any atom is -0.384 e. The van der Waals surface area contributed by atoms with Crippen molar-refractivity contribution in [1.29, 1.82) is 0 Å². The summed E-state index contributed by atoms with van der Waals surface area (Å²) in [5.41, 5.74) is 5.74. The number of nitrogens with two attached hydrogens (primary N) is 1. The number of nitrogens with one attached hydrogen (secondary N) is 1. The number of hydrogen-bond acceptors (Lipinski definition) is 4. The lowest BCUT2D eigenvalue weighted by Crippen LogP contribution is -2.30. The van der Waals surface area contributed by atoms with Crippen molar-refractivity contribution >= 4 is 35.1 Å². The van der Waals surface area contributed by atoms with Gasteiger partial charge < -0.3 is 11.1 Å². The van der Waals surface area contributed by atoms with E-state index in [1.807, 2.05) is 11.8 Å². The number of carbonyl (C=O) groups is 1. The summed E-state index contributed by atoms with van der Waals surface area (Å²) in [6.07, 6.45) is 1.16. The van der Waals surface area contributed by atoms with Gasteiger partial charge in [-0.3, -0.25) is 4.79 Å². The molecule has 0 bridgehead atoms. The molecule has 2 rings (SSSR count). The number of nitrogen functional groups attached to an aromatic ring is 1. The average Bonchev–Trinajstić information content (AvgIpc) is 2.82. The molecule has 1 fully saturated rings. The second-order valence-corrected chi connectivity index (χ2v) is 5.56. The van der Waals surface area contributed by atoms with Crippen LogP contribution in [0.4, 0.5) is 5.82 Å². The van der Waals surface area contributed by atoms with E-state index in [0.717, 1.165) is 12.2 Å². The van der Waals surface area contributed by atoms with Gasteiger partial charge in [-0.25, -0.2) is 4.98 Å². The van der Waals surface area contributed by atoms with E-state index in [1.165, 1.54) is 5.75 Å². The summed E-state index contributed by atoms with van der Waals surface area (Å²) < 4.78 is 0. The summed E-state index contributed by atoms with van der Waals surface area (Å²) in [6, 6.07) is 3.16. The second-order valence-electron chi connectivity index (χ2n) is 4.01. The molecule has 0 aromatic carbocycles. The van der Waals surface area contributed by atoms with Crippen LogP contribution in [-0.2, 0) is 0 Å². The molecule has 1 aliphatic heterocycles. The summed E-state index contributed by atoms with van der Waals surface area (Å²) in [5.74, 6) is 2.90. The Labute approximate surface area is 109 Å². The molecule has 1 saturated heterocycles. The molecule has 2 heterocycles. The highest BCUT2D eigenvalue weighted by Crippen LogP contribution is 2.22. The summed E-state index contributed by atoms with van der Waals surface area (Å²) in [4.78, 5) is 15.8. The van der Waals surface area contributed by atoms with E-state index in [4.69, 9.17) is 17.3 Å². The Morgan fingerprint density at radius 3 is 3.18 bits per heavy atom. The zero-order valence-electron chi connectivity index (χ0n) is 9.28. The summed E-state index contributed by atoms with van der Waals surface area (Å²) in [5, 5.41) is 3.19. The zero-order valence-corrected chi connectivity index (χ0v) is 10.9. The van der Waals surface area contributed by atoms with Gasteiger partial charge in [0.25, 0.3) is 5.91 Å². The molecule has 0 radical (unpaired) electrons. The Morgan fingerprint density at radius 1 is 1.65 bits per heavy atom. The Balaban J connectivity index is 1.96. The second kappa shape index (κ2) is 5.60. The number of halogens is 1. The Hall–Kier alpha value is -0.940. The molecule has 6 heteroatoms. The fourth-order valence-electron chi connectivity index (χ4n) is 1.68. The highest BCUT2D eigenvalue weighted by Gasteiger charge is 2.18. The predicted octanol–water partition coefficient (Wildman–Crippen LogP) is 1.80. The molecule has 1 aliphatic rings. The quantitative estimate of drug-likeness (QED) is 0.880. The molecule has 1 aromatic rings. The van der Waals surface area contributed by atoms with Crippen LogP contribution in [0.15, 0.2) is 12.1 Å². The van der Waals surface area contributed by atoms with Crippen LogP contribution in [0.25, 0.3) is 0 Å². The van der Waals surface area contributed by atoms with E-state index in [1.54, 1.807) is 12.1 Å². The number of carbonyl (C=O) groups excluding carboxylic acids is 1. The number of thioether (sulfide) groups is 1. The van der Waals surface area contributed by atoms with Crippen LogP contribution < -0.4 is 11.1 Å². The van der Waals surface area contributed by atoms with E-state index < -0.39 is 0 Å². The molecule has 4 nitrogen and oxygen atoms in total. The van der Waals surface area contributed by atoms with Crippen LogP contribution in [0.3, 0.4) is 0 Å².